The maximum absolute atomic E-state index is 11.5. The first-order chi connectivity index (χ1) is 14.7. The summed E-state index contributed by atoms with van der Waals surface area (Å²) in [6.07, 6.45) is 13.6. The Morgan fingerprint density at radius 1 is 1.27 bits per heavy atom. The first-order valence-corrected chi connectivity index (χ1v) is 11.3. The van der Waals surface area contributed by atoms with E-state index in [0.717, 1.165) is 32.1 Å². The normalized spacial score (nSPS) is 26.6. The lowest BCUT2D eigenvalue weighted by Gasteiger charge is -2.49. The maximum atomic E-state index is 11.5. The van der Waals surface area contributed by atoms with E-state index in [9.17, 15) is 9.90 Å². The standard InChI is InChI=1S/C25H35NO4/c1-2-26-24(28)13-9-4-3-8-12-21-22(29-25-18-23(21)30-25)17-16-20(27)15-14-19-10-6-5-7-11-19/h3,5-8,10-11,16-17,20-23,25,27H,2,4,9,12-15,18H2,1H3,(H,26,28)/b8-3+,17-16+. The summed E-state index contributed by atoms with van der Waals surface area (Å²) in [6, 6.07) is 10.2. The predicted molar refractivity (Wildman–Crippen MR) is 118 cm³/mol. The minimum absolute atomic E-state index is 0.0196. The number of allylic oxidation sites excluding steroid dienone is 2. The lowest BCUT2D eigenvalue weighted by atomic mass is 9.84. The van der Waals surface area contributed by atoms with Crippen molar-refractivity contribution < 1.29 is 19.4 Å². The van der Waals surface area contributed by atoms with Crippen molar-refractivity contribution in [2.75, 3.05) is 6.54 Å². The second-order valence-corrected chi connectivity index (χ2v) is 8.13. The zero-order chi connectivity index (χ0) is 21.2. The number of aliphatic hydroxyl groups is 1. The van der Waals surface area contributed by atoms with Gasteiger partial charge >= 0.3 is 0 Å². The summed E-state index contributed by atoms with van der Waals surface area (Å²) < 4.78 is 11.8. The highest BCUT2D eigenvalue weighted by Gasteiger charge is 2.46. The number of benzene rings is 1. The van der Waals surface area contributed by atoms with Gasteiger partial charge in [-0.1, -0.05) is 54.6 Å². The molecule has 3 aliphatic rings. The van der Waals surface area contributed by atoms with Gasteiger partial charge in [0.1, 0.15) is 0 Å². The van der Waals surface area contributed by atoms with E-state index in [-0.39, 0.29) is 30.3 Å². The van der Waals surface area contributed by atoms with Crippen LogP contribution in [0.1, 0.15) is 51.0 Å². The molecule has 5 unspecified atom stereocenters. The number of aryl methyl sites for hydroxylation is 1. The van der Waals surface area contributed by atoms with E-state index in [0.29, 0.717) is 19.4 Å². The first-order valence-electron chi connectivity index (χ1n) is 11.3. The Kier molecular flexibility index (Phi) is 9.12. The van der Waals surface area contributed by atoms with Gasteiger partial charge in [-0.25, -0.2) is 0 Å². The van der Waals surface area contributed by atoms with Gasteiger partial charge in [0, 0.05) is 25.3 Å². The molecular weight excluding hydrogens is 378 g/mol. The monoisotopic (exact) mass is 413 g/mol. The molecule has 1 amide bonds. The van der Waals surface area contributed by atoms with Crippen molar-refractivity contribution in [1.29, 1.82) is 0 Å². The number of ether oxygens (including phenoxy) is 2. The number of unbranched alkanes of at least 4 members (excludes halogenated alkanes) is 1. The number of carbonyl (C=O) groups is 1. The summed E-state index contributed by atoms with van der Waals surface area (Å²) in [4.78, 5) is 11.5. The molecule has 5 heteroatoms. The molecule has 0 aromatic heterocycles. The minimum Gasteiger partial charge on any atom is -0.389 e. The summed E-state index contributed by atoms with van der Waals surface area (Å²) in [5, 5.41) is 13.2. The number of hydrogen-bond acceptors (Lipinski definition) is 4. The van der Waals surface area contributed by atoms with E-state index in [4.69, 9.17) is 9.47 Å². The van der Waals surface area contributed by atoms with Crippen molar-refractivity contribution in [1.82, 2.24) is 5.32 Å². The Labute approximate surface area is 180 Å². The lowest BCUT2D eigenvalue weighted by molar-refractivity contribution is -0.337. The second-order valence-electron chi connectivity index (χ2n) is 8.13. The Hall–Kier alpha value is -1.95. The average Bonchev–Trinajstić information content (AvgIpc) is 2.73. The van der Waals surface area contributed by atoms with Crippen LogP contribution in [0.25, 0.3) is 0 Å². The molecule has 4 rings (SSSR count). The van der Waals surface area contributed by atoms with Gasteiger partial charge in [0.15, 0.2) is 6.29 Å². The van der Waals surface area contributed by atoms with E-state index in [2.05, 4.69) is 29.6 Å². The second kappa shape index (κ2) is 12.0. The fraction of sp³-hybridized carbons (Fsp3) is 0.560. The third-order valence-electron chi connectivity index (χ3n) is 5.78. The van der Waals surface area contributed by atoms with Crippen LogP contribution in [0.4, 0.5) is 0 Å². The third-order valence-corrected chi connectivity index (χ3v) is 5.78. The molecule has 3 aliphatic heterocycles. The molecule has 1 aromatic rings. The van der Waals surface area contributed by atoms with Crippen molar-refractivity contribution in [2.24, 2.45) is 5.92 Å². The zero-order valence-electron chi connectivity index (χ0n) is 17.9. The van der Waals surface area contributed by atoms with Gasteiger partial charge in [-0.15, -0.1) is 0 Å². The summed E-state index contributed by atoms with van der Waals surface area (Å²) in [7, 11) is 0. The van der Waals surface area contributed by atoms with E-state index < -0.39 is 6.10 Å². The molecule has 3 heterocycles. The number of nitrogens with one attached hydrogen (secondary N) is 1. The molecule has 0 saturated carbocycles. The Bertz CT molecular complexity index is 696. The van der Waals surface area contributed by atoms with E-state index in [1.807, 2.05) is 37.3 Å². The molecule has 5 nitrogen and oxygen atoms in total. The molecule has 164 valence electrons. The highest BCUT2D eigenvalue weighted by molar-refractivity contribution is 5.75. The Balaban J connectivity index is 1.41. The van der Waals surface area contributed by atoms with Crippen LogP contribution in [-0.2, 0) is 20.7 Å². The smallest absolute Gasteiger partial charge is 0.219 e. The van der Waals surface area contributed by atoms with Crippen molar-refractivity contribution in [3.63, 3.8) is 0 Å². The van der Waals surface area contributed by atoms with Crippen LogP contribution in [0.2, 0.25) is 0 Å². The minimum atomic E-state index is -0.474. The van der Waals surface area contributed by atoms with Crippen LogP contribution >= 0.6 is 0 Å². The molecular formula is C25H35NO4. The van der Waals surface area contributed by atoms with Gasteiger partial charge in [0.2, 0.25) is 5.91 Å². The number of carbonyl (C=O) groups excluding carboxylic acids is 1. The van der Waals surface area contributed by atoms with Crippen molar-refractivity contribution >= 4 is 5.91 Å². The molecule has 5 atom stereocenters. The molecule has 2 N–H and O–H groups in total. The molecule has 0 aliphatic carbocycles. The average molecular weight is 414 g/mol. The molecule has 0 spiro atoms. The molecule has 2 bridgehead atoms. The highest BCUT2D eigenvalue weighted by Crippen LogP contribution is 2.40. The summed E-state index contributed by atoms with van der Waals surface area (Å²) in [6.45, 7) is 2.62. The predicted octanol–water partition coefficient (Wildman–Crippen LogP) is 3.92. The quantitative estimate of drug-likeness (QED) is 0.403. The van der Waals surface area contributed by atoms with E-state index in [1.54, 1.807) is 0 Å². The fourth-order valence-electron chi connectivity index (χ4n) is 4.03. The van der Waals surface area contributed by atoms with Crippen LogP contribution in [0.5, 0.6) is 0 Å². The van der Waals surface area contributed by atoms with Crippen molar-refractivity contribution in [2.45, 2.75) is 76.5 Å². The van der Waals surface area contributed by atoms with Gasteiger partial charge in [-0.2, -0.15) is 0 Å². The number of rotatable bonds is 12. The SMILES string of the molecule is CCNC(=O)CCC/C=C/CC1C(/C=C/C(O)CCc2ccccc2)OC2CC1O2. The Morgan fingerprint density at radius 2 is 2.07 bits per heavy atom. The van der Waals surface area contributed by atoms with Gasteiger partial charge in [0.05, 0.1) is 18.3 Å². The van der Waals surface area contributed by atoms with E-state index in [1.165, 1.54) is 5.56 Å². The topological polar surface area (TPSA) is 67.8 Å². The summed E-state index contributed by atoms with van der Waals surface area (Å²) in [5.74, 6) is 0.392. The number of fused-ring (bicyclic) bond motifs is 2. The molecule has 1 aromatic carbocycles. The fourth-order valence-corrected chi connectivity index (χ4v) is 4.03. The lowest BCUT2D eigenvalue weighted by Crippen LogP contribution is -2.55. The summed E-state index contributed by atoms with van der Waals surface area (Å²) in [5.41, 5.74) is 1.24. The van der Waals surface area contributed by atoms with Gasteiger partial charge in [0.25, 0.3) is 0 Å². The van der Waals surface area contributed by atoms with Gasteiger partial charge in [-0.3, -0.25) is 4.79 Å². The molecule has 30 heavy (non-hydrogen) atoms. The van der Waals surface area contributed by atoms with Crippen molar-refractivity contribution in [3.8, 4) is 0 Å². The largest absolute Gasteiger partial charge is 0.389 e. The van der Waals surface area contributed by atoms with Crippen LogP contribution in [-0.4, -0.2) is 42.2 Å². The molecule has 3 fully saturated rings. The third kappa shape index (κ3) is 7.08. The van der Waals surface area contributed by atoms with Crippen LogP contribution in [0, 0.1) is 5.92 Å². The molecule has 3 saturated heterocycles. The van der Waals surface area contributed by atoms with E-state index >= 15 is 0 Å². The number of hydrogen-bond donors (Lipinski definition) is 2. The molecule has 0 radical (unpaired) electrons. The number of aliphatic hydroxyl groups excluding tert-OH is 1. The van der Waals surface area contributed by atoms with Gasteiger partial charge in [-0.05, 0) is 44.6 Å². The van der Waals surface area contributed by atoms with Crippen LogP contribution in [0.3, 0.4) is 0 Å². The summed E-state index contributed by atoms with van der Waals surface area (Å²) >= 11 is 0. The highest BCUT2D eigenvalue weighted by atomic mass is 16.7. The zero-order valence-corrected chi connectivity index (χ0v) is 17.9. The van der Waals surface area contributed by atoms with Crippen LogP contribution in [0.15, 0.2) is 54.6 Å². The van der Waals surface area contributed by atoms with Gasteiger partial charge < -0.3 is 19.9 Å². The Morgan fingerprint density at radius 3 is 2.83 bits per heavy atom. The number of amides is 1. The van der Waals surface area contributed by atoms with Crippen LogP contribution < -0.4 is 5.32 Å². The maximum Gasteiger partial charge on any atom is 0.219 e. The van der Waals surface area contributed by atoms with Crippen molar-refractivity contribution in [3.05, 3.63) is 60.2 Å². The first kappa shape index (κ1) is 22.7.